The number of carbonyl (C=O) groups excluding carboxylic acids is 2. The van der Waals surface area contributed by atoms with Gasteiger partial charge in [0.25, 0.3) is 5.91 Å². The van der Waals surface area contributed by atoms with Crippen LogP contribution in [0.15, 0.2) is 48.0 Å². The van der Waals surface area contributed by atoms with Gasteiger partial charge in [0.2, 0.25) is 5.78 Å². The average molecular weight is 527 g/mol. The van der Waals surface area contributed by atoms with Crippen molar-refractivity contribution in [1.82, 2.24) is 4.90 Å². The van der Waals surface area contributed by atoms with E-state index in [9.17, 15) is 19.1 Å². The molecule has 8 nitrogen and oxygen atoms in total. The second-order valence-corrected chi connectivity index (χ2v) is 9.75. The van der Waals surface area contributed by atoms with E-state index in [4.69, 9.17) is 14.2 Å². The standard InChI is InChI=1S/C29H35FN2O6/c1-4-37-22-9-6-20(7-10-22)26-25(27(33)21-8-11-24(23(30)18-21)38-19(2)3)28(34)29(35)32(26)13-5-12-31-14-16-36-17-15-31/h6-11,18-19,26,33H,4-5,12-17H2,1-3H3. The molecule has 2 heterocycles. The van der Waals surface area contributed by atoms with Crippen molar-refractivity contribution in [1.29, 1.82) is 0 Å². The summed E-state index contributed by atoms with van der Waals surface area (Å²) in [5.74, 6) is -2.28. The van der Waals surface area contributed by atoms with Crippen LogP contribution in [0.2, 0.25) is 0 Å². The molecule has 1 N–H and O–H groups in total. The maximum absolute atomic E-state index is 14.7. The van der Waals surface area contributed by atoms with E-state index in [1.54, 1.807) is 38.1 Å². The number of likely N-dealkylation sites (tertiary alicyclic amines) is 1. The van der Waals surface area contributed by atoms with E-state index in [0.29, 0.717) is 44.1 Å². The molecule has 4 rings (SSSR count). The van der Waals surface area contributed by atoms with Gasteiger partial charge in [0.15, 0.2) is 11.6 Å². The van der Waals surface area contributed by atoms with Gasteiger partial charge in [-0.15, -0.1) is 0 Å². The Balaban J connectivity index is 1.68. The van der Waals surface area contributed by atoms with Crippen LogP contribution in [-0.4, -0.2) is 68.7 Å². The molecular formula is C29H35FN2O6. The normalized spacial score (nSPS) is 19.8. The third-order valence-electron chi connectivity index (χ3n) is 6.72. The second-order valence-electron chi connectivity index (χ2n) is 9.75. The average Bonchev–Trinajstić information content (AvgIpc) is 3.15. The predicted molar refractivity (Wildman–Crippen MR) is 137 cm³/mol. The number of morpholine rings is 1. The van der Waals surface area contributed by atoms with Crippen LogP contribution < -0.4 is 19.5 Å². The summed E-state index contributed by atoms with van der Waals surface area (Å²) in [6.07, 6.45) is 0.422. The Morgan fingerprint density at radius 1 is 1.16 bits per heavy atom. The smallest absolute Gasteiger partial charge is 0.295 e. The molecule has 2 aliphatic rings. The van der Waals surface area contributed by atoms with Crippen LogP contribution >= 0.6 is 0 Å². The molecule has 0 aliphatic carbocycles. The molecule has 2 aromatic rings. The topological polar surface area (TPSA) is 92.6 Å². The largest absolute Gasteiger partial charge is 0.872 e. The first-order valence-electron chi connectivity index (χ1n) is 13.2. The zero-order chi connectivity index (χ0) is 27.2. The Kier molecular flexibility index (Phi) is 9.01. The zero-order valence-corrected chi connectivity index (χ0v) is 22.1. The van der Waals surface area contributed by atoms with Crippen LogP contribution in [0, 0.1) is 5.82 Å². The molecule has 204 valence electrons. The van der Waals surface area contributed by atoms with Gasteiger partial charge in [0, 0.05) is 18.5 Å². The number of Topliss-reactive ketones (excluding diaryl/α,β-unsaturated/α-hetero) is 1. The van der Waals surface area contributed by atoms with E-state index in [1.165, 1.54) is 21.9 Å². The molecule has 2 saturated heterocycles. The highest BCUT2D eigenvalue weighted by atomic mass is 19.1. The molecule has 0 aromatic heterocycles. The summed E-state index contributed by atoms with van der Waals surface area (Å²) in [5, 5.41) is 13.6. The number of ketones is 1. The Labute approximate surface area is 222 Å². The number of nitrogens with one attached hydrogen (secondary N) is 1. The molecule has 1 atom stereocenters. The molecule has 2 fully saturated rings. The SMILES string of the molecule is CCOc1ccc(C2C(=C([O-])c3ccc(OC(C)C)c(F)c3)C(=O)C(=O)N2CCC[NH+]2CCOCC2)cc1. The van der Waals surface area contributed by atoms with Crippen LogP contribution in [0.3, 0.4) is 0 Å². The van der Waals surface area contributed by atoms with Crippen molar-refractivity contribution < 1.29 is 38.2 Å². The molecule has 9 heteroatoms. The van der Waals surface area contributed by atoms with Gasteiger partial charge < -0.3 is 29.1 Å². The summed E-state index contributed by atoms with van der Waals surface area (Å²) in [5.41, 5.74) is 0.440. The van der Waals surface area contributed by atoms with Crippen molar-refractivity contribution in [2.45, 2.75) is 39.3 Å². The minimum Gasteiger partial charge on any atom is -0.872 e. The van der Waals surface area contributed by atoms with Crippen LogP contribution in [-0.2, 0) is 14.3 Å². The van der Waals surface area contributed by atoms with Crippen LogP contribution in [0.5, 0.6) is 11.5 Å². The van der Waals surface area contributed by atoms with Gasteiger partial charge in [-0.2, -0.15) is 0 Å². The molecule has 2 aromatic carbocycles. The van der Waals surface area contributed by atoms with E-state index in [2.05, 4.69) is 0 Å². The maximum atomic E-state index is 14.7. The summed E-state index contributed by atoms with van der Waals surface area (Å²) < 4.78 is 31.1. The number of ether oxygens (including phenoxy) is 3. The first-order valence-corrected chi connectivity index (χ1v) is 13.2. The quantitative estimate of drug-likeness (QED) is 0.287. The highest BCUT2D eigenvalue weighted by Crippen LogP contribution is 2.39. The van der Waals surface area contributed by atoms with Gasteiger partial charge in [-0.3, -0.25) is 9.59 Å². The molecule has 0 bridgehead atoms. The van der Waals surface area contributed by atoms with Crippen molar-refractivity contribution in [3.8, 4) is 11.5 Å². The monoisotopic (exact) mass is 526 g/mol. The van der Waals surface area contributed by atoms with Crippen molar-refractivity contribution in [2.75, 3.05) is 46.0 Å². The predicted octanol–water partition coefficient (Wildman–Crippen LogP) is 1.54. The van der Waals surface area contributed by atoms with Gasteiger partial charge in [-0.1, -0.05) is 24.0 Å². The third-order valence-corrected chi connectivity index (χ3v) is 6.72. The fourth-order valence-corrected chi connectivity index (χ4v) is 4.92. The lowest BCUT2D eigenvalue weighted by molar-refractivity contribution is -0.908. The Morgan fingerprint density at radius 2 is 1.87 bits per heavy atom. The summed E-state index contributed by atoms with van der Waals surface area (Å²) >= 11 is 0. The summed E-state index contributed by atoms with van der Waals surface area (Å²) in [4.78, 5) is 29.3. The van der Waals surface area contributed by atoms with E-state index < -0.39 is 29.3 Å². The Hall–Kier alpha value is -3.43. The molecule has 0 spiro atoms. The number of carbonyl (C=O) groups is 2. The fraction of sp³-hybridized carbons (Fsp3) is 0.448. The molecule has 38 heavy (non-hydrogen) atoms. The number of quaternary nitrogens is 1. The summed E-state index contributed by atoms with van der Waals surface area (Å²) in [6.45, 7) is 10.3. The fourth-order valence-electron chi connectivity index (χ4n) is 4.92. The minimum atomic E-state index is -0.868. The third kappa shape index (κ3) is 6.16. The lowest BCUT2D eigenvalue weighted by Crippen LogP contribution is -3.14. The van der Waals surface area contributed by atoms with Gasteiger partial charge in [-0.25, -0.2) is 4.39 Å². The molecule has 0 saturated carbocycles. The van der Waals surface area contributed by atoms with Gasteiger partial charge in [-0.05, 0) is 56.2 Å². The Bertz CT molecular complexity index is 1170. The molecule has 1 amide bonds. The van der Waals surface area contributed by atoms with E-state index in [1.807, 2.05) is 6.92 Å². The van der Waals surface area contributed by atoms with Crippen molar-refractivity contribution in [2.24, 2.45) is 0 Å². The van der Waals surface area contributed by atoms with Crippen LogP contribution in [0.1, 0.15) is 44.4 Å². The first-order chi connectivity index (χ1) is 18.3. The lowest BCUT2D eigenvalue weighted by atomic mass is 9.95. The van der Waals surface area contributed by atoms with Crippen LogP contribution in [0.4, 0.5) is 4.39 Å². The van der Waals surface area contributed by atoms with Crippen molar-refractivity contribution in [3.63, 3.8) is 0 Å². The maximum Gasteiger partial charge on any atom is 0.295 e. The highest BCUT2D eigenvalue weighted by molar-refractivity contribution is 6.46. The number of rotatable bonds is 10. The first kappa shape index (κ1) is 27.6. The second kappa shape index (κ2) is 12.4. The molecule has 2 aliphatic heterocycles. The zero-order valence-electron chi connectivity index (χ0n) is 22.1. The van der Waals surface area contributed by atoms with E-state index in [-0.39, 0.29) is 23.0 Å². The van der Waals surface area contributed by atoms with Crippen molar-refractivity contribution >= 4 is 17.4 Å². The van der Waals surface area contributed by atoms with E-state index in [0.717, 1.165) is 25.7 Å². The molecule has 1 unspecified atom stereocenters. The van der Waals surface area contributed by atoms with Crippen LogP contribution in [0.25, 0.3) is 5.76 Å². The van der Waals surface area contributed by atoms with Gasteiger partial charge in [0.05, 0.1) is 38.5 Å². The molecular weight excluding hydrogens is 491 g/mol. The molecule has 0 radical (unpaired) electrons. The lowest BCUT2D eigenvalue weighted by Gasteiger charge is -2.29. The summed E-state index contributed by atoms with van der Waals surface area (Å²) in [7, 11) is 0. The summed E-state index contributed by atoms with van der Waals surface area (Å²) in [6, 6.07) is 10.0. The van der Waals surface area contributed by atoms with Gasteiger partial charge >= 0.3 is 0 Å². The van der Waals surface area contributed by atoms with Gasteiger partial charge in [0.1, 0.15) is 18.8 Å². The highest BCUT2D eigenvalue weighted by Gasteiger charge is 2.44. The number of amides is 1. The minimum absolute atomic E-state index is 0.00898. The number of benzene rings is 2. The van der Waals surface area contributed by atoms with E-state index >= 15 is 0 Å². The number of hydrogen-bond donors (Lipinski definition) is 1. The number of hydrogen-bond acceptors (Lipinski definition) is 6. The number of halogens is 1. The number of nitrogens with zero attached hydrogens (tertiary/aromatic N) is 1. The van der Waals surface area contributed by atoms with Crippen molar-refractivity contribution in [3.05, 3.63) is 65.0 Å². The Morgan fingerprint density at radius 3 is 2.50 bits per heavy atom.